The van der Waals surface area contributed by atoms with Crippen molar-refractivity contribution in [2.24, 2.45) is 0 Å². The maximum Gasteiger partial charge on any atom is 0.0410 e. The molecule has 2 aromatic rings. The van der Waals surface area contributed by atoms with Crippen molar-refractivity contribution in [2.45, 2.75) is 6.92 Å². The van der Waals surface area contributed by atoms with Crippen LogP contribution in [0.5, 0.6) is 0 Å². The zero-order valence-corrected chi connectivity index (χ0v) is 9.69. The number of rotatable bonds is 0. The Morgan fingerprint density at radius 2 is 2.15 bits per heavy atom. The predicted octanol–water partition coefficient (Wildman–Crippen LogP) is 1.67. The maximum absolute atomic E-state index is 4.21. The second-order valence-electron chi connectivity index (χ2n) is 2.49. The van der Waals surface area contributed by atoms with Crippen molar-refractivity contribution in [3.05, 3.63) is 44.2 Å². The van der Waals surface area contributed by atoms with Gasteiger partial charge in [0.05, 0.1) is 0 Å². The van der Waals surface area contributed by atoms with Crippen LogP contribution in [0.4, 0.5) is 0 Å². The van der Waals surface area contributed by atoms with Crippen LogP contribution in [-0.2, 0) is 0 Å². The van der Waals surface area contributed by atoms with Crippen LogP contribution in [0.15, 0.2) is 18.5 Å². The first kappa shape index (κ1) is 10.5. The molecule has 3 nitrogen and oxygen atoms in total. The van der Waals surface area contributed by atoms with E-state index < -0.39 is 0 Å². The fourth-order valence-electron chi connectivity index (χ4n) is 1.10. The van der Waals surface area contributed by atoms with E-state index in [2.05, 4.69) is 17.0 Å². The molecule has 0 saturated carbocycles. The summed E-state index contributed by atoms with van der Waals surface area (Å²) in [5.41, 5.74) is 2.74. The summed E-state index contributed by atoms with van der Waals surface area (Å²) in [4.78, 5) is 4.05. The summed E-state index contributed by atoms with van der Waals surface area (Å²) in [5, 5.41) is 4.21. The van der Waals surface area contributed by atoms with E-state index in [1.165, 1.54) is 0 Å². The van der Waals surface area contributed by atoms with E-state index in [9.17, 15) is 0 Å². The summed E-state index contributed by atoms with van der Waals surface area (Å²) >= 11 is 0. The topological polar surface area (TPSA) is 30.2 Å². The zero-order chi connectivity index (χ0) is 7.84. The van der Waals surface area contributed by atoms with Crippen molar-refractivity contribution in [3.63, 3.8) is 0 Å². The summed E-state index contributed by atoms with van der Waals surface area (Å²) in [6.07, 6.45) is 3.51. The van der Waals surface area contributed by atoms with E-state index in [1.807, 2.05) is 19.2 Å². The van der Waals surface area contributed by atoms with Crippen LogP contribution in [0.3, 0.4) is 0 Å². The third-order valence-corrected chi connectivity index (χ3v) is 1.59. The maximum atomic E-state index is 4.21. The molecule has 0 aliphatic heterocycles. The molecule has 0 fully saturated rings. The van der Waals surface area contributed by atoms with Gasteiger partial charge in [0.15, 0.2) is 0 Å². The fourth-order valence-corrected chi connectivity index (χ4v) is 1.10. The first-order valence-corrected chi connectivity index (χ1v) is 3.40. The normalized spacial score (nSPS) is 9.00. The van der Waals surface area contributed by atoms with E-state index in [1.54, 1.807) is 10.7 Å². The van der Waals surface area contributed by atoms with Crippen LogP contribution in [0.1, 0.15) is 11.4 Å². The Morgan fingerprint density at radius 3 is 2.77 bits per heavy atom. The number of hydrogen-bond donors (Lipinski definition) is 0. The van der Waals surface area contributed by atoms with Gasteiger partial charge in [-0.25, -0.2) is 6.92 Å². The third kappa shape index (κ3) is 1.40. The second-order valence-corrected chi connectivity index (χ2v) is 2.49. The summed E-state index contributed by atoms with van der Waals surface area (Å²) in [6, 6.07) is 1.97. The molecule has 0 atom stereocenters. The Kier molecular flexibility index (Phi) is 2.63. The van der Waals surface area contributed by atoms with E-state index >= 15 is 0 Å². The Balaban J connectivity index is 0.000000720. The summed E-state index contributed by atoms with van der Waals surface area (Å²) in [6.45, 7) is 5.74. The van der Waals surface area contributed by atoms with Crippen molar-refractivity contribution < 1.29 is 0 Å². The Labute approximate surface area is 72.1 Å². The predicted molar refractivity (Wildman–Crippen MR) is 48.6 cm³/mol. The van der Waals surface area contributed by atoms with Crippen molar-refractivity contribution in [1.82, 2.24) is 14.6 Å². The molecule has 0 bridgehead atoms. The molecule has 0 N–H and O–H groups in total. The largest absolute Gasteiger partial charge is 0.358 e. The minimum absolute atomic E-state index is 0. The molecule has 2 aromatic heterocycles. The zero-order valence-electron chi connectivity index (χ0n) is 7.54. The molecule has 1 radical (unpaired) electrons. The molecular weight excluding hydrogens is 412 g/mol. The minimum Gasteiger partial charge on any atom is -0.358 e. The van der Waals surface area contributed by atoms with E-state index in [4.69, 9.17) is 0 Å². The average molecular weight is 423 g/mol. The first-order chi connectivity index (χ1) is 5.27. The molecule has 4 heteroatoms. The molecule has 0 unspecified atom stereocenters. The van der Waals surface area contributed by atoms with Crippen LogP contribution in [0.2, 0.25) is 0 Å². The van der Waals surface area contributed by atoms with Gasteiger partial charge >= 0.3 is 0 Å². The van der Waals surface area contributed by atoms with Gasteiger partial charge in [-0.3, -0.25) is 4.98 Å². The van der Waals surface area contributed by atoms with E-state index in [0.29, 0.717) is 0 Å². The third-order valence-electron chi connectivity index (χ3n) is 1.59. The number of aryl methyl sites for hydroxylation is 1. The van der Waals surface area contributed by atoms with Crippen LogP contribution in [-0.4, -0.2) is 14.6 Å². The number of fused-ring (bicyclic) bond motifs is 1. The Morgan fingerprint density at radius 1 is 1.46 bits per heavy atom. The Bertz CT molecular complexity index is 395. The molecule has 13 heavy (non-hydrogen) atoms. The molecule has 0 spiro atoms. The van der Waals surface area contributed by atoms with E-state index in [0.717, 1.165) is 16.9 Å². The van der Waals surface area contributed by atoms with Gasteiger partial charge in [-0.05, 0) is 6.92 Å². The smallest absolute Gasteiger partial charge is 0.0410 e. The molecule has 79 valence electrons. The summed E-state index contributed by atoms with van der Waals surface area (Å²) in [7, 11) is 0. The summed E-state index contributed by atoms with van der Waals surface area (Å²) < 4.78 is 1.78. The van der Waals surface area contributed by atoms with Crippen LogP contribution < -0.4 is 0 Å². The molecule has 0 aliphatic rings. The number of aromatic nitrogens is 3. The summed E-state index contributed by atoms with van der Waals surface area (Å²) in [5.74, 6) is 0. The van der Waals surface area contributed by atoms with Gasteiger partial charge in [0.25, 0.3) is 0 Å². The van der Waals surface area contributed by atoms with Gasteiger partial charge in [-0.1, -0.05) is 17.3 Å². The van der Waals surface area contributed by atoms with Crippen molar-refractivity contribution in [1.29, 1.82) is 0 Å². The molecule has 2 heterocycles. The molecule has 0 aromatic carbocycles. The van der Waals surface area contributed by atoms with Gasteiger partial charge < -0.3 is 11.9 Å². The van der Waals surface area contributed by atoms with Gasteiger partial charge in [0.2, 0.25) is 0 Å². The standard InChI is InChI=1S/C8H8N3.CH3.Lr/c1-6-5-8-7(2)9-3-4-11(8)10-6;;/h3-5H,2H2,1H3;1H3;/q2*-1;. The van der Waals surface area contributed by atoms with Gasteiger partial charge in [0, 0.05) is 18.1 Å². The quantitative estimate of drug-likeness (QED) is 0.604. The van der Waals surface area contributed by atoms with Crippen LogP contribution >= 0.6 is 0 Å². The Hall–Kier alpha value is -2.51. The first-order valence-electron chi connectivity index (χ1n) is 3.40. The van der Waals surface area contributed by atoms with Crippen LogP contribution in [0.25, 0.3) is 5.52 Å². The number of hydrogen-bond acceptors (Lipinski definition) is 2. The van der Waals surface area contributed by atoms with Gasteiger partial charge in [0.1, 0.15) is 0 Å². The van der Waals surface area contributed by atoms with Gasteiger partial charge in [-0.15, -0.1) is 0 Å². The fraction of sp³-hybridized carbons (Fsp3) is 0.111. The van der Waals surface area contributed by atoms with Gasteiger partial charge in [-0.2, -0.15) is 5.10 Å². The molecule has 2 rings (SSSR count). The SMILES string of the molecule is [CH2-]c1nccn2nc(C)cc12.[CH3-].[Lr]. The molecule has 0 saturated heterocycles. The average Bonchev–Trinajstić information content (AvgIpc) is 2.31. The minimum atomic E-state index is 0. The molecular formula is C9H11LrN3-2. The molecule has 0 amide bonds. The second kappa shape index (κ2) is 3.26. The van der Waals surface area contributed by atoms with Crippen molar-refractivity contribution in [2.75, 3.05) is 0 Å². The van der Waals surface area contributed by atoms with Crippen molar-refractivity contribution in [3.8, 4) is 0 Å². The number of nitrogens with zero attached hydrogens (tertiary/aromatic N) is 3. The molecule has 0 aliphatic carbocycles. The van der Waals surface area contributed by atoms with Crippen molar-refractivity contribution >= 4 is 5.52 Å². The van der Waals surface area contributed by atoms with Crippen LogP contribution in [0, 0.1) is 21.3 Å². The van der Waals surface area contributed by atoms with E-state index in [-0.39, 0.29) is 7.43 Å². The monoisotopic (exact) mass is 423 g/mol.